The highest BCUT2D eigenvalue weighted by atomic mass is 16.4. The van der Waals surface area contributed by atoms with E-state index in [1.807, 2.05) is 13.8 Å². The first kappa shape index (κ1) is 19.9. The van der Waals surface area contributed by atoms with E-state index < -0.39 is 11.9 Å². The molecule has 0 aliphatic rings. The average Bonchev–Trinajstić information content (AvgIpc) is 2.32. The van der Waals surface area contributed by atoms with Gasteiger partial charge in [0.15, 0.2) is 0 Å². The van der Waals surface area contributed by atoms with Crippen molar-refractivity contribution < 1.29 is 14.7 Å². The highest BCUT2D eigenvalue weighted by Gasteiger charge is 2.25. The minimum absolute atomic E-state index is 0.00219. The van der Waals surface area contributed by atoms with Crippen molar-refractivity contribution in [3.63, 3.8) is 0 Å². The second-order valence-corrected chi connectivity index (χ2v) is 7.17. The topological polar surface area (TPSA) is 92.4 Å². The van der Waals surface area contributed by atoms with E-state index in [1.165, 1.54) is 0 Å². The van der Waals surface area contributed by atoms with Crippen LogP contribution in [-0.4, -0.2) is 30.1 Å². The summed E-state index contributed by atoms with van der Waals surface area (Å²) in [7, 11) is 0. The molecule has 2 unspecified atom stereocenters. The maximum atomic E-state index is 11.9. The van der Waals surface area contributed by atoms with Gasteiger partial charge in [-0.15, -0.1) is 0 Å². The number of carbonyl (C=O) groups is 2. The fraction of sp³-hybridized carbons (Fsp3) is 0.875. The summed E-state index contributed by atoms with van der Waals surface area (Å²) in [5.41, 5.74) is 5.76. The Morgan fingerprint density at radius 1 is 1.19 bits per heavy atom. The molecule has 0 aromatic heterocycles. The molecular formula is C16H32N2O3. The number of nitrogens with one attached hydrogen (secondary N) is 1. The van der Waals surface area contributed by atoms with Crippen LogP contribution in [0, 0.1) is 23.2 Å². The van der Waals surface area contributed by atoms with Gasteiger partial charge < -0.3 is 16.2 Å². The smallest absolute Gasteiger partial charge is 0.308 e. The lowest BCUT2D eigenvalue weighted by Crippen LogP contribution is -2.36. The van der Waals surface area contributed by atoms with Gasteiger partial charge in [0.25, 0.3) is 0 Å². The zero-order valence-corrected chi connectivity index (χ0v) is 14.1. The van der Waals surface area contributed by atoms with Gasteiger partial charge in [0.05, 0.1) is 5.92 Å². The molecule has 0 spiro atoms. The van der Waals surface area contributed by atoms with Gasteiger partial charge in [0, 0.05) is 13.0 Å². The standard InChI is InChI=1S/C16H32N2O3/c1-11(2)13(15(20)21)10-18-14(19)7-6-12(8-9-17)16(3,4)5/h11-13H,6-10,17H2,1-5H3,(H,18,19)(H,20,21). The highest BCUT2D eigenvalue weighted by molar-refractivity contribution is 5.77. The molecule has 0 rings (SSSR count). The Hall–Kier alpha value is -1.10. The molecule has 5 nitrogen and oxygen atoms in total. The van der Waals surface area contributed by atoms with Gasteiger partial charge in [-0.2, -0.15) is 0 Å². The molecule has 1 amide bonds. The van der Waals surface area contributed by atoms with Crippen molar-refractivity contribution in [2.24, 2.45) is 28.9 Å². The molecule has 0 aliphatic heterocycles. The van der Waals surface area contributed by atoms with Gasteiger partial charge in [0.1, 0.15) is 0 Å². The number of nitrogens with two attached hydrogens (primary N) is 1. The van der Waals surface area contributed by atoms with Gasteiger partial charge >= 0.3 is 5.97 Å². The summed E-state index contributed by atoms with van der Waals surface area (Å²) >= 11 is 0. The van der Waals surface area contributed by atoms with Crippen LogP contribution in [0.2, 0.25) is 0 Å². The first-order valence-electron chi connectivity index (χ1n) is 7.79. The number of amides is 1. The van der Waals surface area contributed by atoms with Crippen molar-refractivity contribution >= 4 is 11.9 Å². The molecule has 0 saturated heterocycles. The fourth-order valence-corrected chi connectivity index (χ4v) is 2.44. The molecule has 4 N–H and O–H groups in total. The van der Waals surface area contributed by atoms with Gasteiger partial charge in [-0.05, 0) is 36.6 Å². The predicted molar refractivity (Wildman–Crippen MR) is 84.8 cm³/mol. The SMILES string of the molecule is CC(C)C(CNC(=O)CCC(CCN)C(C)(C)C)C(=O)O. The van der Waals surface area contributed by atoms with Crippen LogP contribution in [-0.2, 0) is 9.59 Å². The minimum Gasteiger partial charge on any atom is -0.481 e. The Bertz CT molecular complexity index is 335. The maximum absolute atomic E-state index is 11.9. The van der Waals surface area contributed by atoms with Crippen molar-refractivity contribution in [3.05, 3.63) is 0 Å². The number of hydrogen-bond acceptors (Lipinski definition) is 3. The normalized spacial score (nSPS) is 14.8. The third-order valence-corrected chi connectivity index (χ3v) is 4.10. The van der Waals surface area contributed by atoms with E-state index in [1.54, 1.807) is 0 Å². The summed E-state index contributed by atoms with van der Waals surface area (Å²) in [6, 6.07) is 0. The van der Waals surface area contributed by atoms with Crippen molar-refractivity contribution in [1.29, 1.82) is 0 Å². The maximum Gasteiger partial charge on any atom is 0.308 e. The first-order valence-corrected chi connectivity index (χ1v) is 7.79. The minimum atomic E-state index is -0.860. The molecule has 0 bridgehead atoms. The van der Waals surface area contributed by atoms with E-state index >= 15 is 0 Å². The molecule has 0 aromatic rings. The van der Waals surface area contributed by atoms with Crippen molar-refractivity contribution in [3.8, 4) is 0 Å². The highest BCUT2D eigenvalue weighted by Crippen LogP contribution is 2.32. The lowest BCUT2D eigenvalue weighted by molar-refractivity contribution is -0.143. The van der Waals surface area contributed by atoms with Crippen LogP contribution in [0.1, 0.15) is 53.9 Å². The Morgan fingerprint density at radius 3 is 2.14 bits per heavy atom. The summed E-state index contributed by atoms with van der Waals surface area (Å²) in [6.45, 7) is 11.0. The Kier molecular flexibility index (Phi) is 8.55. The van der Waals surface area contributed by atoms with Crippen LogP contribution in [0.4, 0.5) is 0 Å². The molecule has 0 aliphatic carbocycles. The Balaban J connectivity index is 4.28. The van der Waals surface area contributed by atoms with Crippen LogP contribution in [0.3, 0.4) is 0 Å². The van der Waals surface area contributed by atoms with Crippen LogP contribution < -0.4 is 11.1 Å². The number of aliphatic carboxylic acids is 1. The predicted octanol–water partition coefficient (Wildman–Crippen LogP) is 2.25. The molecular weight excluding hydrogens is 268 g/mol. The lowest BCUT2D eigenvalue weighted by Gasteiger charge is -2.30. The number of carboxylic acid groups (broad SMARTS) is 1. The van der Waals surface area contributed by atoms with E-state index in [-0.39, 0.29) is 23.8 Å². The van der Waals surface area contributed by atoms with Gasteiger partial charge in [0.2, 0.25) is 5.91 Å². The fourth-order valence-electron chi connectivity index (χ4n) is 2.44. The summed E-state index contributed by atoms with van der Waals surface area (Å²) in [4.78, 5) is 23.0. The van der Waals surface area contributed by atoms with E-state index in [9.17, 15) is 9.59 Å². The van der Waals surface area contributed by atoms with Crippen molar-refractivity contribution in [1.82, 2.24) is 5.32 Å². The number of carboxylic acids is 1. The van der Waals surface area contributed by atoms with Gasteiger partial charge in [-0.25, -0.2) is 0 Å². The third-order valence-electron chi connectivity index (χ3n) is 4.10. The number of carbonyl (C=O) groups excluding carboxylic acids is 1. The largest absolute Gasteiger partial charge is 0.481 e. The summed E-state index contributed by atoms with van der Waals surface area (Å²) < 4.78 is 0. The second kappa shape index (κ2) is 9.03. The quantitative estimate of drug-likeness (QED) is 0.609. The summed E-state index contributed by atoms with van der Waals surface area (Å²) in [5.74, 6) is -1.07. The third kappa shape index (κ3) is 8.05. The summed E-state index contributed by atoms with van der Waals surface area (Å²) in [5, 5.41) is 11.8. The van der Waals surface area contributed by atoms with E-state index in [0.29, 0.717) is 18.9 Å². The molecule has 2 atom stereocenters. The Labute approximate surface area is 128 Å². The van der Waals surface area contributed by atoms with Crippen LogP contribution in [0.5, 0.6) is 0 Å². The molecule has 124 valence electrons. The monoisotopic (exact) mass is 300 g/mol. The van der Waals surface area contributed by atoms with E-state index in [4.69, 9.17) is 10.8 Å². The summed E-state index contributed by atoms with van der Waals surface area (Å²) in [6.07, 6.45) is 2.11. The van der Waals surface area contributed by atoms with E-state index in [0.717, 1.165) is 12.8 Å². The zero-order valence-electron chi connectivity index (χ0n) is 14.1. The second-order valence-electron chi connectivity index (χ2n) is 7.17. The first-order chi connectivity index (χ1) is 9.59. The zero-order chi connectivity index (χ0) is 16.6. The van der Waals surface area contributed by atoms with Crippen LogP contribution in [0.15, 0.2) is 0 Å². The van der Waals surface area contributed by atoms with E-state index in [2.05, 4.69) is 26.1 Å². The molecule has 0 heterocycles. The van der Waals surface area contributed by atoms with Crippen LogP contribution in [0.25, 0.3) is 0 Å². The van der Waals surface area contributed by atoms with Gasteiger partial charge in [-0.3, -0.25) is 9.59 Å². The number of hydrogen-bond donors (Lipinski definition) is 3. The number of rotatable bonds is 9. The van der Waals surface area contributed by atoms with Crippen molar-refractivity contribution in [2.45, 2.75) is 53.9 Å². The van der Waals surface area contributed by atoms with Crippen LogP contribution >= 0.6 is 0 Å². The lowest BCUT2D eigenvalue weighted by atomic mass is 9.76. The van der Waals surface area contributed by atoms with Crippen molar-refractivity contribution in [2.75, 3.05) is 13.1 Å². The molecule has 0 aromatic carbocycles. The molecule has 0 radical (unpaired) electrons. The molecule has 0 saturated carbocycles. The van der Waals surface area contributed by atoms with Gasteiger partial charge in [-0.1, -0.05) is 34.6 Å². The molecule has 21 heavy (non-hydrogen) atoms. The molecule has 5 heteroatoms. The average molecular weight is 300 g/mol. The molecule has 0 fully saturated rings. The Morgan fingerprint density at radius 2 is 1.76 bits per heavy atom.